The minimum absolute atomic E-state index is 0.274. The van der Waals surface area contributed by atoms with Crippen LogP contribution in [0.3, 0.4) is 0 Å². The van der Waals surface area contributed by atoms with Gasteiger partial charge in [0.05, 0.1) is 13.2 Å². The van der Waals surface area contributed by atoms with E-state index < -0.39 is 11.9 Å². The fourth-order valence-corrected chi connectivity index (χ4v) is 3.30. The Hall–Kier alpha value is -3.10. The molecule has 0 spiro atoms. The van der Waals surface area contributed by atoms with Gasteiger partial charge in [-0.1, -0.05) is 18.2 Å². The number of hydrogen-bond donors (Lipinski definition) is 1. The quantitative estimate of drug-likeness (QED) is 0.735. The van der Waals surface area contributed by atoms with E-state index in [1.807, 2.05) is 17.0 Å². The van der Waals surface area contributed by atoms with Gasteiger partial charge in [-0.25, -0.2) is 4.39 Å². The van der Waals surface area contributed by atoms with Gasteiger partial charge in [0.1, 0.15) is 24.5 Å². The molecule has 0 saturated carbocycles. The predicted molar refractivity (Wildman–Crippen MR) is 102 cm³/mol. The van der Waals surface area contributed by atoms with Gasteiger partial charge in [-0.05, 0) is 30.3 Å². The Labute approximate surface area is 161 Å². The Morgan fingerprint density at radius 1 is 1.04 bits per heavy atom. The van der Waals surface area contributed by atoms with Crippen molar-refractivity contribution in [2.24, 2.45) is 0 Å². The molecule has 4 rings (SSSR count). The number of nitrogens with zero attached hydrogens (tertiary/aromatic N) is 4. The molecule has 1 atom stereocenters. The number of halogens is 1. The van der Waals surface area contributed by atoms with Gasteiger partial charge in [0.2, 0.25) is 5.91 Å². The number of ether oxygens (including phenoxy) is 1. The van der Waals surface area contributed by atoms with Gasteiger partial charge in [-0.15, -0.1) is 10.2 Å². The van der Waals surface area contributed by atoms with E-state index in [9.17, 15) is 9.18 Å². The molecule has 3 aromatic rings. The van der Waals surface area contributed by atoms with Crippen LogP contribution >= 0.6 is 0 Å². The van der Waals surface area contributed by atoms with Gasteiger partial charge in [0, 0.05) is 30.0 Å². The lowest BCUT2D eigenvalue weighted by Crippen LogP contribution is -2.44. The number of rotatable bonds is 5. The highest BCUT2D eigenvalue weighted by Gasteiger charge is 2.31. The number of aromatic nitrogens is 3. The van der Waals surface area contributed by atoms with E-state index in [2.05, 4.69) is 15.5 Å². The van der Waals surface area contributed by atoms with Crippen LogP contribution in [0.1, 0.15) is 11.6 Å². The van der Waals surface area contributed by atoms with Crippen LogP contribution in [-0.4, -0.2) is 51.9 Å². The van der Waals surface area contributed by atoms with E-state index in [1.54, 1.807) is 47.6 Å². The lowest BCUT2D eigenvalue weighted by Gasteiger charge is -2.33. The smallest absolute Gasteiger partial charge is 0.246 e. The maximum absolute atomic E-state index is 14.5. The monoisotopic (exact) mass is 381 g/mol. The highest BCUT2D eigenvalue weighted by Crippen LogP contribution is 2.26. The first kappa shape index (κ1) is 18.3. The van der Waals surface area contributed by atoms with Gasteiger partial charge in [-0.3, -0.25) is 14.3 Å². The molecule has 7 nitrogen and oxygen atoms in total. The minimum atomic E-state index is -0.720. The molecule has 1 N–H and O–H groups in total. The molecule has 1 saturated heterocycles. The molecule has 2 heterocycles. The maximum Gasteiger partial charge on any atom is 0.246 e. The Morgan fingerprint density at radius 2 is 1.71 bits per heavy atom. The van der Waals surface area contributed by atoms with Crippen LogP contribution in [0.4, 0.5) is 10.1 Å². The summed E-state index contributed by atoms with van der Waals surface area (Å²) in [5.41, 5.74) is 1.88. The summed E-state index contributed by atoms with van der Waals surface area (Å²) < 4.78 is 21.6. The zero-order valence-electron chi connectivity index (χ0n) is 15.2. The van der Waals surface area contributed by atoms with E-state index in [1.165, 1.54) is 6.07 Å². The third-order valence-electron chi connectivity index (χ3n) is 4.71. The molecule has 0 radical (unpaired) electrons. The maximum atomic E-state index is 14.5. The molecule has 144 valence electrons. The molecular formula is C20H20FN5O2. The van der Waals surface area contributed by atoms with Gasteiger partial charge < -0.3 is 10.1 Å². The molecule has 0 bridgehead atoms. The minimum Gasteiger partial charge on any atom is -0.379 e. The molecule has 1 aromatic heterocycles. The van der Waals surface area contributed by atoms with Crippen LogP contribution in [0.25, 0.3) is 5.69 Å². The average molecular weight is 381 g/mol. The van der Waals surface area contributed by atoms with Crippen LogP contribution in [0.5, 0.6) is 0 Å². The van der Waals surface area contributed by atoms with E-state index in [4.69, 9.17) is 4.74 Å². The SMILES string of the molecule is O=C(Nc1ccc(-n2cnnc2)cc1)[C@H](c1ccccc1F)N1CCOCC1. The third-order valence-corrected chi connectivity index (χ3v) is 4.71. The summed E-state index contributed by atoms with van der Waals surface area (Å²) >= 11 is 0. The zero-order valence-corrected chi connectivity index (χ0v) is 15.2. The summed E-state index contributed by atoms with van der Waals surface area (Å²) in [5, 5.41) is 10.5. The van der Waals surface area contributed by atoms with Crippen LogP contribution < -0.4 is 5.32 Å². The summed E-state index contributed by atoms with van der Waals surface area (Å²) in [6, 6.07) is 13.0. The van der Waals surface area contributed by atoms with Crippen molar-refractivity contribution in [2.75, 3.05) is 31.6 Å². The van der Waals surface area contributed by atoms with Gasteiger partial charge in [0.15, 0.2) is 0 Å². The second-order valence-electron chi connectivity index (χ2n) is 6.48. The van der Waals surface area contributed by atoms with Crippen LogP contribution in [0.2, 0.25) is 0 Å². The highest BCUT2D eigenvalue weighted by molar-refractivity contribution is 5.95. The second kappa shape index (κ2) is 8.28. The molecule has 1 amide bonds. The number of carbonyl (C=O) groups is 1. The lowest BCUT2D eigenvalue weighted by atomic mass is 10.0. The third kappa shape index (κ3) is 3.92. The van der Waals surface area contributed by atoms with Gasteiger partial charge >= 0.3 is 0 Å². The summed E-state index contributed by atoms with van der Waals surface area (Å²) in [5.74, 6) is -0.666. The summed E-state index contributed by atoms with van der Waals surface area (Å²) in [7, 11) is 0. The normalized spacial score (nSPS) is 15.9. The molecule has 1 fully saturated rings. The van der Waals surface area contributed by atoms with Crippen LogP contribution in [0, 0.1) is 5.82 Å². The van der Waals surface area contributed by atoms with Crippen molar-refractivity contribution in [1.82, 2.24) is 19.7 Å². The number of anilines is 1. The molecule has 28 heavy (non-hydrogen) atoms. The first-order chi connectivity index (χ1) is 13.7. The highest BCUT2D eigenvalue weighted by atomic mass is 19.1. The number of amides is 1. The first-order valence-corrected chi connectivity index (χ1v) is 9.04. The number of benzene rings is 2. The number of morpholine rings is 1. The van der Waals surface area contributed by atoms with Crippen molar-refractivity contribution in [2.45, 2.75) is 6.04 Å². The molecule has 0 unspecified atom stereocenters. The fourth-order valence-electron chi connectivity index (χ4n) is 3.30. The fraction of sp³-hybridized carbons (Fsp3) is 0.250. The number of hydrogen-bond acceptors (Lipinski definition) is 5. The van der Waals surface area contributed by atoms with E-state index in [0.717, 1.165) is 5.69 Å². The second-order valence-corrected chi connectivity index (χ2v) is 6.48. The standard InChI is InChI=1S/C20H20FN5O2/c21-18-4-2-1-3-17(18)19(25-9-11-28-12-10-25)20(27)24-15-5-7-16(8-6-15)26-13-22-23-14-26/h1-8,13-14,19H,9-12H2,(H,24,27)/t19-/m0/s1. The Bertz CT molecular complexity index is 924. The molecular weight excluding hydrogens is 361 g/mol. The van der Waals surface area contributed by atoms with E-state index >= 15 is 0 Å². The van der Waals surface area contributed by atoms with Crippen molar-refractivity contribution >= 4 is 11.6 Å². The summed E-state index contributed by atoms with van der Waals surface area (Å²) in [6.07, 6.45) is 3.19. The van der Waals surface area contributed by atoms with Crippen molar-refractivity contribution in [1.29, 1.82) is 0 Å². The first-order valence-electron chi connectivity index (χ1n) is 9.04. The van der Waals surface area contributed by atoms with Crippen molar-refractivity contribution in [3.63, 3.8) is 0 Å². The number of carbonyl (C=O) groups excluding carboxylic acids is 1. The molecule has 1 aliphatic heterocycles. The van der Waals surface area contributed by atoms with Crippen molar-refractivity contribution in [3.8, 4) is 5.69 Å². The van der Waals surface area contributed by atoms with Crippen molar-refractivity contribution in [3.05, 3.63) is 72.6 Å². The molecule has 1 aliphatic rings. The van der Waals surface area contributed by atoms with Crippen LogP contribution in [0.15, 0.2) is 61.2 Å². The largest absolute Gasteiger partial charge is 0.379 e. The molecule has 0 aliphatic carbocycles. The van der Waals surface area contributed by atoms with Crippen molar-refractivity contribution < 1.29 is 13.9 Å². The average Bonchev–Trinajstić information content (AvgIpc) is 3.26. The van der Waals surface area contributed by atoms with E-state index in [0.29, 0.717) is 37.6 Å². The Balaban J connectivity index is 1.56. The molecule has 2 aromatic carbocycles. The Morgan fingerprint density at radius 3 is 2.39 bits per heavy atom. The summed E-state index contributed by atoms with van der Waals surface area (Å²) in [4.78, 5) is 15.0. The Kier molecular flexibility index (Phi) is 5.41. The topological polar surface area (TPSA) is 72.3 Å². The van der Waals surface area contributed by atoms with Crippen LogP contribution in [-0.2, 0) is 9.53 Å². The van der Waals surface area contributed by atoms with Gasteiger partial charge in [-0.2, -0.15) is 0 Å². The number of nitrogens with one attached hydrogen (secondary N) is 1. The van der Waals surface area contributed by atoms with Gasteiger partial charge in [0.25, 0.3) is 0 Å². The zero-order chi connectivity index (χ0) is 19.3. The lowest BCUT2D eigenvalue weighted by molar-refractivity contribution is -0.123. The predicted octanol–water partition coefficient (Wildman–Crippen LogP) is 2.42. The molecule has 8 heteroatoms. The summed E-state index contributed by atoms with van der Waals surface area (Å²) in [6.45, 7) is 2.18. The van der Waals surface area contributed by atoms with E-state index in [-0.39, 0.29) is 5.91 Å².